The van der Waals surface area contributed by atoms with Gasteiger partial charge in [0.25, 0.3) is 0 Å². The SMILES string of the molecule is Br.COc1cc(O)c2c(=O)c(OC)c(-c3ccc(OC(=O)[C@@H](N)CCC(=O)O)c(OC)c3)oc2c1. The second-order valence-corrected chi connectivity index (χ2v) is 7.14. The summed E-state index contributed by atoms with van der Waals surface area (Å²) in [7, 11) is 4.03. The minimum atomic E-state index is -1.14. The maximum Gasteiger partial charge on any atom is 0.328 e. The number of aromatic hydroxyl groups is 1. The molecule has 0 spiro atoms. The van der Waals surface area contributed by atoms with Crippen molar-refractivity contribution in [2.24, 2.45) is 5.73 Å². The van der Waals surface area contributed by atoms with Crippen molar-refractivity contribution in [1.29, 1.82) is 0 Å². The largest absolute Gasteiger partial charge is 0.507 e. The van der Waals surface area contributed by atoms with Crippen LogP contribution in [0.25, 0.3) is 22.3 Å². The molecule has 0 saturated heterocycles. The van der Waals surface area contributed by atoms with Crippen LogP contribution in [-0.4, -0.2) is 49.5 Å². The standard InChI is InChI=1S/C23H23NO10.BrH/c1-30-12-9-14(25)19-17(10-12)33-21(22(32-3)20(19)28)11-4-6-15(16(8-11)31-2)34-23(29)13(24)5-7-18(26)27;/h4,6,8-10,13,25H,5,7,24H2,1-3H3,(H,26,27);1H/t13-;/m0./s1. The predicted molar refractivity (Wildman–Crippen MR) is 130 cm³/mol. The topological polar surface area (TPSA) is 168 Å². The molecule has 2 aromatic carbocycles. The molecule has 3 rings (SSSR count). The Hall–Kier alpha value is -3.77. The number of rotatable bonds is 9. The normalized spacial score (nSPS) is 11.3. The lowest BCUT2D eigenvalue weighted by molar-refractivity contribution is -0.138. The third-order valence-corrected chi connectivity index (χ3v) is 4.95. The quantitative estimate of drug-likeness (QED) is 0.263. The molecule has 0 saturated carbocycles. The second kappa shape index (κ2) is 11.6. The molecule has 188 valence electrons. The van der Waals surface area contributed by atoms with E-state index in [1.165, 1.54) is 51.7 Å². The summed E-state index contributed by atoms with van der Waals surface area (Å²) in [5, 5.41) is 18.9. The van der Waals surface area contributed by atoms with E-state index >= 15 is 0 Å². The molecule has 0 bridgehead atoms. The van der Waals surface area contributed by atoms with Crippen LogP contribution in [0.1, 0.15) is 12.8 Å². The van der Waals surface area contributed by atoms with E-state index in [2.05, 4.69) is 0 Å². The number of hydrogen-bond acceptors (Lipinski definition) is 10. The van der Waals surface area contributed by atoms with Gasteiger partial charge in [-0.2, -0.15) is 0 Å². The maximum absolute atomic E-state index is 13.0. The molecule has 35 heavy (non-hydrogen) atoms. The zero-order chi connectivity index (χ0) is 25.0. The predicted octanol–water partition coefficient (Wildman–Crippen LogP) is 2.87. The summed E-state index contributed by atoms with van der Waals surface area (Å²) in [5.74, 6) is -1.92. The summed E-state index contributed by atoms with van der Waals surface area (Å²) in [4.78, 5) is 35.9. The first kappa shape index (κ1) is 27.5. The number of ether oxygens (including phenoxy) is 4. The highest BCUT2D eigenvalue weighted by atomic mass is 79.9. The fourth-order valence-electron chi connectivity index (χ4n) is 3.23. The minimum Gasteiger partial charge on any atom is -0.507 e. The third kappa shape index (κ3) is 5.84. The zero-order valence-corrected chi connectivity index (χ0v) is 20.7. The number of phenolic OH excluding ortho intramolecular Hbond substituents is 1. The number of hydrogen-bond donors (Lipinski definition) is 3. The van der Waals surface area contributed by atoms with E-state index in [9.17, 15) is 19.5 Å². The first-order valence-corrected chi connectivity index (χ1v) is 9.99. The molecule has 0 aliphatic heterocycles. The number of carboxylic acids is 1. The Morgan fingerprint density at radius 1 is 1.06 bits per heavy atom. The van der Waals surface area contributed by atoms with Crippen molar-refractivity contribution in [2.45, 2.75) is 18.9 Å². The smallest absolute Gasteiger partial charge is 0.328 e. The Balaban J connectivity index is 0.00000432. The number of aliphatic carboxylic acids is 1. The van der Waals surface area contributed by atoms with Gasteiger partial charge in [0.15, 0.2) is 17.3 Å². The van der Waals surface area contributed by atoms with E-state index in [0.29, 0.717) is 5.56 Å². The average molecular weight is 554 g/mol. The van der Waals surface area contributed by atoms with E-state index in [4.69, 9.17) is 34.2 Å². The van der Waals surface area contributed by atoms with Crippen LogP contribution < -0.4 is 30.1 Å². The Labute approximate surface area is 209 Å². The van der Waals surface area contributed by atoms with Crippen LogP contribution >= 0.6 is 17.0 Å². The summed E-state index contributed by atoms with van der Waals surface area (Å²) < 4.78 is 26.8. The lowest BCUT2D eigenvalue weighted by atomic mass is 10.1. The van der Waals surface area contributed by atoms with Crippen LogP contribution in [0.5, 0.6) is 28.7 Å². The number of nitrogens with two attached hydrogens (primary N) is 1. The van der Waals surface area contributed by atoms with Gasteiger partial charge in [0, 0.05) is 24.1 Å². The van der Waals surface area contributed by atoms with Crippen molar-refractivity contribution in [3.8, 4) is 40.1 Å². The fraction of sp³-hybridized carbons (Fsp3) is 0.261. The number of methoxy groups -OCH3 is 3. The summed E-state index contributed by atoms with van der Waals surface area (Å²) in [6.07, 6.45) is -0.377. The van der Waals surface area contributed by atoms with Crippen LogP contribution in [0.2, 0.25) is 0 Å². The second-order valence-electron chi connectivity index (χ2n) is 7.14. The van der Waals surface area contributed by atoms with Crippen LogP contribution in [0.3, 0.4) is 0 Å². The lowest BCUT2D eigenvalue weighted by Crippen LogP contribution is -2.34. The van der Waals surface area contributed by atoms with Gasteiger partial charge >= 0.3 is 11.9 Å². The molecule has 11 nitrogen and oxygen atoms in total. The molecular weight excluding hydrogens is 530 g/mol. The van der Waals surface area contributed by atoms with E-state index in [1.807, 2.05) is 0 Å². The molecule has 0 aliphatic rings. The van der Waals surface area contributed by atoms with Gasteiger partial charge in [-0.15, -0.1) is 17.0 Å². The number of phenols is 1. The van der Waals surface area contributed by atoms with Crippen molar-refractivity contribution in [1.82, 2.24) is 0 Å². The number of fused-ring (bicyclic) bond motifs is 1. The lowest BCUT2D eigenvalue weighted by Gasteiger charge is -2.15. The Morgan fingerprint density at radius 3 is 2.37 bits per heavy atom. The van der Waals surface area contributed by atoms with Gasteiger partial charge in [0.2, 0.25) is 11.2 Å². The number of benzene rings is 2. The van der Waals surface area contributed by atoms with Gasteiger partial charge in [-0.25, -0.2) is 4.79 Å². The summed E-state index contributed by atoms with van der Waals surface area (Å²) in [6, 6.07) is 5.96. The molecule has 0 amide bonds. The Kier molecular flexibility index (Phi) is 9.09. The molecule has 1 heterocycles. The number of halogens is 1. The van der Waals surface area contributed by atoms with E-state index < -0.39 is 23.4 Å². The summed E-state index contributed by atoms with van der Waals surface area (Å²) >= 11 is 0. The molecule has 1 aromatic heterocycles. The first-order valence-electron chi connectivity index (χ1n) is 9.99. The molecule has 0 fully saturated rings. The fourth-order valence-corrected chi connectivity index (χ4v) is 3.23. The minimum absolute atomic E-state index is 0. The number of esters is 1. The number of carbonyl (C=O) groups excluding carboxylic acids is 1. The first-order chi connectivity index (χ1) is 16.2. The van der Waals surface area contributed by atoms with Crippen LogP contribution in [0.15, 0.2) is 39.5 Å². The molecule has 4 N–H and O–H groups in total. The highest BCUT2D eigenvalue weighted by molar-refractivity contribution is 8.93. The molecule has 1 atom stereocenters. The van der Waals surface area contributed by atoms with Crippen molar-refractivity contribution in [3.05, 3.63) is 40.6 Å². The number of carboxylic acid groups (broad SMARTS) is 1. The molecule has 3 aromatic rings. The van der Waals surface area contributed by atoms with Crippen molar-refractivity contribution < 1.29 is 43.2 Å². The van der Waals surface area contributed by atoms with E-state index in [0.717, 1.165) is 0 Å². The van der Waals surface area contributed by atoms with Crippen LogP contribution in [0.4, 0.5) is 0 Å². The van der Waals surface area contributed by atoms with E-state index in [1.54, 1.807) is 0 Å². The molecular formula is C23H24BrNO10. The average Bonchev–Trinajstić information content (AvgIpc) is 2.81. The van der Waals surface area contributed by atoms with Gasteiger partial charge in [-0.3, -0.25) is 9.59 Å². The summed E-state index contributed by atoms with van der Waals surface area (Å²) in [5.41, 5.74) is 5.51. The van der Waals surface area contributed by atoms with Gasteiger partial charge in [-0.05, 0) is 24.6 Å². The Bertz CT molecular complexity index is 1300. The maximum atomic E-state index is 13.0. The van der Waals surface area contributed by atoms with Gasteiger partial charge < -0.3 is 39.3 Å². The van der Waals surface area contributed by atoms with Crippen molar-refractivity contribution in [3.63, 3.8) is 0 Å². The third-order valence-electron chi connectivity index (χ3n) is 4.95. The van der Waals surface area contributed by atoms with E-state index in [-0.39, 0.29) is 75.3 Å². The molecule has 0 radical (unpaired) electrons. The van der Waals surface area contributed by atoms with Crippen LogP contribution in [0, 0.1) is 0 Å². The van der Waals surface area contributed by atoms with Crippen LogP contribution in [-0.2, 0) is 9.59 Å². The monoisotopic (exact) mass is 553 g/mol. The highest BCUT2D eigenvalue weighted by Crippen LogP contribution is 2.39. The van der Waals surface area contributed by atoms with Gasteiger partial charge in [0.1, 0.15) is 28.5 Å². The van der Waals surface area contributed by atoms with Crippen molar-refractivity contribution in [2.75, 3.05) is 21.3 Å². The molecule has 12 heteroatoms. The number of carbonyl (C=O) groups is 2. The zero-order valence-electron chi connectivity index (χ0n) is 19.0. The van der Waals surface area contributed by atoms with Crippen molar-refractivity contribution >= 4 is 39.9 Å². The summed E-state index contributed by atoms with van der Waals surface area (Å²) in [6.45, 7) is 0. The highest BCUT2D eigenvalue weighted by Gasteiger charge is 2.23. The molecule has 0 aliphatic carbocycles. The molecule has 0 unspecified atom stereocenters. The van der Waals surface area contributed by atoms with Gasteiger partial charge in [0.05, 0.1) is 21.3 Å². The van der Waals surface area contributed by atoms with Gasteiger partial charge in [-0.1, -0.05) is 0 Å². The Morgan fingerprint density at radius 2 is 1.77 bits per heavy atom.